The van der Waals surface area contributed by atoms with Crippen molar-refractivity contribution in [1.82, 2.24) is 4.90 Å². The third-order valence-electron chi connectivity index (χ3n) is 4.16. The number of fused-ring (bicyclic) bond motifs is 1. The Labute approximate surface area is 131 Å². The topological polar surface area (TPSA) is 61.2 Å². The molecule has 1 atom stereocenters. The SMILES string of the molecule is CCCCC(CCCCC#N)N1C(=O)c2ccccc2C1=O. The van der Waals surface area contributed by atoms with E-state index in [2.05, 4.69) is 13.0 Å². The molecule has 0 spiro atoms. The minimum absolute atomic E-state index is 0.0500. The summed E-state index contributed by atoms with van der Waals surface area (Å²) >= 11 is 0. The molecule has 22 heavy (non-hydrogen) atoms. The lowest BCUT2D eigenvalue weighted by molar-refractivity contribution is 0.0563. The molecule has 1 aromatic carbocycles. The molecule has 2 rings (SSSR count). The van der Waals surface area contributed by atoms with Crippen molar-refractivity contribution in [1.29, 1.82) is 5.26 Å². The molecule has 0 saturated heterocycles. The van der Waals surface area contributed by atoms with Gasteiger partial charge >= 0.3 is 0 Å². The van der Waals surface area contributed by atoms with E-state index in [0.717, 1.165) is 38.5 Å². The van der Waals surface area contributed by atoms with Crippen LogP contribution in [0.3, 0.4) is 0 Å². The molecule has 1 aromatic rings. The van der Waals surface area contributed by atoms with Crippen LogP contribution in [-0.2, 0) is 0 Å². The highest BCUT2D eigenvalue weighted by Gasteiger charge is 2.38. The minimum Gasteiger partial charge on any atom is -0.271 e. The molecule has 116 valence electrons. The molecule has 1 aliphatic heterocycles. The third kappa shape index (κ3) is 3.36. The Morgan fingerprint density at radius 3 is 2.18 bits per heavy atom. The van der Waals surface area contributed by atoms with Crippen molar-refractivity contribution >= 4 is 11.8 Å². The smallest absolute Gasteiger partial charge is 0.261 e. The van der Waals surface area contributed by atoms with Crippen molar-refractivity contribution in [3.05, 3.63) is 35.4 Å². The largest absolute Gasteiger partial charge is 0.271 e. The summed E-state index contributed by atoms with van der Waals surface area (Å²) in [5.41, 5.74) is 1.04. The van der Waals surface area contributed by atoms with Crippen LogP contribution in [0.5, 0.6) is 0 Å². The van der Waals surface area contributed by atoms with Gasteiger partial charge in [0.15, 0.2) is 0 Å². The molecule has 0 bridgehead atoms. The van der Waals surface area contributed by atoms with E-state index in [1.54, 1.807) is 24.3 Å². The van der Waals surface area contributed by atoms with Crippen molar-refractivity contribution in [3.63, 3.8) is 0 Å². The van der Waals surface area contributed by atoms with Crippen LogP contribution in [0.2, 0.25) is 0 Å². The van der Waals surface area contributed by atoms with Gasteiger partial charge in [-0.05, 0) is 31.4 Å². The number of rotatable bonds is 8. The molecule has 1 unspecified atom stereocenters. The summed E-state index contributed by atoms with van der Waals surface area (Å²) in [6.45, 7) is 2.11. The predicted octanol–water partition coefficient (Wildman–Crippen LogP) is 3.93. The summed E-state index contributed by atoms with van der Waals surface area (Å²) in [4.78, 5) is 26.6. The van der Waals surface area contributed by atoms with Crippen molar-refractivity contribution in [2.24, 2.45) is 0 Å². The van der Waals surface area contributed by atoms with E-state index in [-0.39, 0.29) is 17.9 Å². The van der Waals surface area contributed by atoms with Crippen LogP contribution in [0.25, 0.3) is 0 Å². The fourth-order valence-corrected chi connectivity index (χ4v) is 2.97. The zero-order valence-electron chi connectivity index (χ0n) is 13.0. The zero-order valence-corrected chi connectivity index (χ0v) is 13.0. The Kier molecular flexibility index (Phi) is 5.71. The van der Waals surface area contributed by atoms with Gasteiger partial charge in [-0.2, -0.15) is 5.26 Å². The minimum atomic E-state index is -0.165. The second-order valence-electron chi connectivity index (χ2n) is 5.73. The molecule has 4 nitrogen and oxygen atoms in total. The van der Waals surface area contributed by atoms with Gasteiger partial charge in [0.05, 0.1) is 17.2 Å². The fraction of sp³-hybridized carbons (Fsp3) is 0.500. The summed E-state index contributed by atoms with van der Waals surface area (Å²) in [5.74, 6) is -0.330. The number of carbonyl (C=O) groups is 2. The van der Waals surface area contributed by atoms with Gasteiger partial charge in [-0.15, -0.1) is 0 Å². The molecule has 0 N–H and O–H groups in total. The van der Waals surface area contributed by atoms with Gasteiger partial charge in [-0.1, -0.05) is 38.3 Å². The lowest BCUT2D eigenvalue weighted by Gasteiger charge is -2.26. The fourth-order valence-electron chi connectivity index (χ4n) is 2.97. The van der Waals surface area contributed by atoms with Gasteiger partial charge < -0.3 is 0 Å². The Balaban J connectivity index is 2.12. The summed E-state index contributed by atoms with van der Waals surface area (Å²) in [6.07, 6.45) is 5.89. The van der Waals surface area contributed by atoms with E-state index in [0.29, 0.717) is 17.5 Å². The maximum Gasteiger partial charge on any atom is 0.261 e. The number of amides is 2. The summed E-state index contributed by atoms with van der Waals surface area (Å²) in [6, 6.07) is 9.12. The Hall–Kier alpha value is -2.15. The van der Waals surface area contributed by atoms with Crippen LogP contribution >= 0.6 is 0 Å². The molecule has 2 amide bonds. The van der Waals surface area contributed by atoms with Crippen LogP contribution in [-0.4, -0.2) is 22.8 Å². The second-order valence-corrected chi connectivity index (χ2v) is 5.73. The van der Waals surface area contributed by atoms with E-state index in [1.165, 1.54) is 4.90 Å². The normalized spacial score (nSPS) is 14.8. The number of carbonyl (C=O) groups excluding carboxylic acids is 2. The van der Waals surface area contributed by atoms with Crippen LogP contribution in [0.4, 0.5) is 0 Å². The molecule has 4 heteroatoms. The van der Waals surface area contributed by atoms with E-state index in [9.17, 15) is 9.59 Å². The van der Waals surface area contributed by atoms with Gasteiger partial charge in [0.1, 0.15) is 0 Å². The maximum atomic E-state index is 12.6. The Morgan fingerprint density at radius 1 is 1.05 bits per heavy atom. The first-order valence-corrected chi connectivity index (χ1v) is 8.04. The van der Waals surface area contributed by atoms with Gasteiger partial charge in [0.2, 0.25) is 0 Å². The first kappa shape index (κ1) is 16.2. The van der Waals surface area contributed by atoms with Crippen LogP contribution in [0, 0.1) is 11.3 Å². The first-order valence-electron chi connectivity index (χ1n) is 8.04. The van der Waals surface area contributed by atoms with Gasteiger partial charge in [-0.25, -0.2) is 0 Å². The molecular weight excluding hydrogens is 276 g/mol. The quantitative estimate of drug-likeness (QED) is 0.539. The number of hydrogen-bond acceptors (Lipinski definition) is 3. The number of unbranched alkanes of at least 4 members (excludes halogenated alkanes) is 3. The maximum absolute atomic E-state index is 12.6. The monoisotopic (exact) mass is 298 g/mol. The highest BCUT2D eigenvalue weighted by Crippen LogP contribution is 2.28. The van der Waals surface area contributed by atoms with Crippen molar-refractivity contribution in [2.75, 3.05) is 0 Å². The van der Waals surface area contributed by atoms with Gasteiger partial charge in [0, 0.05) is 12.5 Å². The second kappa shape index (κ2) is 7.74. The lowest BCUT2D eigenvalue weighted by Crippen LogP contribution is -2.39. The highest BCUT2D eigenvalue weighted by molar-refractivity contribution is 6.21. The molecular formula is C18H22N2O2. The van der Waals surface area contributed by atoms with E-state index in [1.807, 2.05) is 0 Å². The number of nitrogens with zero attached hydrogens (tertiary/aromatic N) is 2. The molecule has 1 heterocycles. The van der Waals surface area contributed by atoms with Crippen molar-refractivity contribution in [3.8, 4) is 6.07 Å². The van der Waals surface area contributed by atoms with Gasteiger partial charge in [-0.3, -0.25) is 14.5 Å². The molecule has 0 aliphatic carbocycles. The standard InChI is InChI=1S/C18H22N2O2/c1-2-3-9-14(10-5-4-8-13-19)20-17(21)15-11-6-7-12-16(15)18(20)22/h6-7,11-12,14H,2-5,8-10H2,1H3. The average molecular weight is 298 g/mol. The summed E-state index contributed by atoms with van der Waals surface area (Å²) in [5, 5.41) is 8.62. The van der Waals surface area contributed by atoms with Gasteiger partial charge in [0.25, 0.3) is 11.8 Å². The average Bonchev–Trinajstić information content (AvgIpc) is 2.79. The number of nitriles is 1. The zero-order chi connectivity index (χ0) is 15.9. The Morgan fingerprint density at radius 2 is 1.64 bits per heavy atom. The van der Waals surface area contributed by atoms with Crippen LogP contribution < -0.4 is 0 Å². The Bertz CT molecular complexity index is 554. The molecule has 1 aliphatic rings. The highest BCUT2D eigenvalue weighted by atomic mass is 16.2. The lowest BCUT2D eigenvalue weighted by atomic mass is 10.0. The van der Waals surface area contributed by atoms with E-state index >= 15 is 0 Å². The number of hydrogen-bond donors (Lipinski definition) is 0. The third-order valence-corrected chi connectivity index (χ3v) is 4.16. The van der Waals surface area contributed by atoms with Crippen molar-refractivity contribution in [2.45, 2.75) is 57.9 Å². The summed E-state index contributed by atoms with van der Waals surface area (Å²) in [7, 11) is 0. The van der Waals surface area contributed by atoms with Crippen molar-refractivity contribution < 1.29 is 9.59 Å². The van der Waals surface area contributed by atoms with Crippen LogP contribution in [0.1, 0.15) is 72.6 Å². The van der Waals surface area contributed by atoms with E-state index in [4.69, 9.17) is 5.26 Å². The predicted molar refractivity (Wildman–Crippen MR) is 84.3 cm³/mol. The molecule has 0 aromatic heterocycles. The van der Waals surface area contributed by atoms with E-state index < -0.39 is 0 Å². The first-order chi connectivity index (χ1) is 10.7. The molecule has 0 saturated carbocycles. The number of benzene rings is 1. The molecule has 0 fully saturated rings. The summed E-state index contributed by atoms with van der Waals surface area (Å²) < 4.78 is 0. The number of imide groups is 1. The molecule has 0 radical (unpaired) electrons. The van der Waals surface area contributed by atoms with Crippen LogP contribution in [0.15, 0.2) is 24.3 Å².